The molecule has 4 rings (SSSR count). The van der Waals surface area contributed by atoms with Gasteiger partial charge in [0.15, 0.2) is 11.7 Å². The first-order valence-electron chi connectivity index (χ1n) is 9.11. The number of Topliss-reactive ketones (excluding diaryl/α,β-unsaturated/α-hetero) is 1. The van der Waals surface area contributed by atoms with Crippen molar-refractivity contribution in [1.82, 2.24) is 14.5 Å². The first-order chi connectivity index (χ1) is 14.0. The number of hydrogen-bond acceptors (Lipinski definition) is 6. The minimum atomic E-state index is -0.534. The van der Waals surface area contributed by atoms with E-state index in [0.717, 1.165) is 22.0 Å². The maximum atomic E-state index is 12.7. The highest BCUT2D eigenvalue weighted by Gasteiger charge is 2.20. The number of carbonyl (C=O) groups excluding carboxylic acids is 2. The van der Waals surface area contributed by atoms with E-state index in [4.69, 9.17) is 4.74 Å². The molecule has 0 aliphatic heterocycles. The molecule has 146 valence electrons. The van der Waals surface area contributed by atoms with E-state index in [2.05, 4.69) is 9.97 Å². The Bertz CT molecular complexity index is 1230. The van der Waals surface area contributed by atoms with E-state index < -0.39 is 5.97 Å². The molecule has 0 spiro atoms. The molecule has 29 heavy (non-hydrogen) atoms. The first-order valence-corrected chi connectivity index (χ1v) is 9.99. The second kappa shape index (κ2) is 7.60. The number of benzene rings is 1. The van der Waals surface area contributed by atoms with Gasteiger partial charge in [-0.15, -0.1) is 11.3 Å². The van der Waals surface area contributed by atoms with Crippen molar-refractivity contribution in [2.24, 2.45) is 0 Å². The largest absolute Gasteiger partial charge is 0.454 e. The van der Waals surface area contributed by atoms with Gasteiger partial charge in [-0.05, 0) is 39.0 Å². The molecule has 7 heteroatoms. The SMILES string of the molecule is Cc1cc(C(=O)OCC(=O)c2cc(C)n(-c3nccs3)c2C)c2ccccc2n1. The number of ether oxygens (including phenoxy) is 1. The number of aryl methyl sites for hydroxylation is 2. The topological polar surface area (TPSA) is 74.1 Å². The molecule has 0 atom stereocenters. The molecule has 0 amide bonds. The summed E-state index contributed by atoms with van der Waals surface area (Å²) in [6, 6.07) is 10.9. The molecule has 0 saturated heterocycles. The summed E-state index contributed by atoms with van der Waals surface area (Å²) in [5.74, 6) is -0.780. The Balaban J connectivity index is 1.55. The number of hydrogen-bond donors (Lipinski definition) is 0. The quantitative estimate of drug-likeness (QED) is 0.362. The van der Waals surface area contributed by atoms with Crippen LogP contribution in [-0.4, -0.2) is 32.9 Å². The van der Waals surface area contributed by atoms with Gasteiger partial charge in [0.2, 0.25) is 5.78 Å². The number of esters is 1. The van der Waals surface area contributed by atoms with Crippen LogP contribution in [0.1, 0.15) is 37.8 Å². The summed E-state index contributed by atoms with van der Waals surface area (Å²) < 4.78 is 7.29. The van der Waals surface area contributed by atoms with Gasteiger partial charge in [-0.2, -0.15) is 0 Å². The Labute approximate surface area is 171 Å². The van der Waals surface area contributed by atoms with Gasteiger partial charge in [-0.1, -0.05) is 18.2 Å². The molecule has 6 nitrogen and oxygen atoms in total. The van der Waals surface area contributed by atoms with Crippen LogP contribution in [0.25, 0.3) is 16.0 Å². The summed E-state index contributed by atoms with van der Waals surface area (Å²) >= 11 is 1.50. The number of nitrogens with zero attached hydrogens (tertiary/aromatic N) is 3. The third kappa shape index (κ3) is 3.56. The third-order valence-electron chi connectivity index (χ3n) is 4.74. The summed E-state index contributed by atoms with van der Waals surface area (Å²) in [5.41, 5.74) is 4.06. The molecule has 4 aromatic rings. The second-order valence-corrected chi connectivity index (χ2v) is 7.64. The molecular formula is C22H19N3O3S. The van der Waals surface area contributed by atoms with Gasteiger partial charge in [0.25, 0.3) is 0 Å². The van der Waals surface area contributed by atoms with Crippen LogP contribution in [-0.2, 0) is 4.74 Å². The average molecular weight is 405 g/mol. The van der Waals surface area contributed by atoms with Gasteiger partial charge < -0.3 is 4.74 Å². The van der Waals surface area contributed by atoms with E-state index >= 15 is 0 Å². The number of fused-ring (bicyclic) bond motifs is 1. The van der Waals surface area contributed by atoms with Crippen molar-refractivity contribution >= 4 is 34.0 Å². The smallest absolute Gasteiger partial charge is 0.339 e. The van der Waals surface area contributed by atoms with Crippen LogP contribution in [0.5, 0.6) is 0 Å². The summed E-state index contributed by atoms with van der Waals surface area (Å²) in [4.78, 5) is 34.2. The second-order valence-electron chi connectivity index (χ2n) is 6.76. The number of carbonyl (C=O) groups is 2. The van der Waals surface area contributed by atoms with Crippen molar-refractivity contribution in [2.45, 2.75) is 20.8 Å². The fourth-order valence-electron chi connectivity index (χ4n) is 3.43. The lowest BCUT2D eigenvalue weighted by Crippen LogP contribution is -2.15. The standard InChI is InChI=1S/C22H19N3O3S/c1-13-10-18(16-6-4-5-7-19(16)24-13)21(27)28-12-20(26)17-11-14(2)25(15(17)3)22-23-8-9-29-22/h4-11H,12H2,1-3H3. The number of aromatic nitrogens is 3. The number of pyridine rings is 1. The van der Waals surface area contributed by atoms with Gasteiger partial charge in [0.1, 0.15) is 0 Å². The van der Waals surface area contributed by atoms with E-state index in [1.807, 2.05) is 55.0 Å². The molecule has 0 aliphatic rings. The fourth-order valence-corrected chi connectivity index (χ4v) is 4.18. The monoisotopic (exact) mass is 405 g/mol. The maximum Gasteiger partial charge on any atom is 0.339 e. The zero-order valence-corrected chi connectivity index (χ0v) is 17.1. The van der Waals surface area contributed by atoms with Crippen molar-refractivity contribution in [1.29, 1.82) is 0 Å². The molecule has 0 N–H and O–H groups in total. The Hall–Kier alpha value is -3.32. The van der Waals surface area contributed by atoms with Crippen molar-refractivity contribution in [3.8, 4) is 5.13 Å². The fraction of sp³-hybridized carbons (Fsp3) is 0.182. The molecule has 3 aromatic heterocycles. The maximum absolute atomic E-state index is 12.7. The van der Waals surface area contributed by atoms with Crippen LogP contribution in [0.3, 0.4) is 0 Å². The lowest BCUT2D eigenvalue weighted by molar-refractivity contribution is 0.0476. The van der Waals surface area contributed by atoms with Crippen LogP contribution in [0, 0.1) is 20.8 Å². The van der Waals surface area contributed by atoms with Crippen molar-refractivity contribution in [2.75, 3.05) is 6.61 Å². The Kier molecular flexibility index (Phi) is 4.98. The predicted octanol–water partition coefficient (Wildman–Crippen LogP) is 4.45. The zero-order chi connectivity index (χ0) is 20.5. The lowest BCUT2D eigenvalue weighted by Gasteiger charge is -2.08. The molecular weight excluding hydrogens is 386 g/mol. The molecule has 3 heterocycles. The van der Waals surface area contributed by atoms with Crippen molar-refractivity contribution in [3.05, 3.63) is 76.2 Å². The van der Waals surface area contributed by atoms with Crippen molar-refractivity contribution in [3.63, 3.8) is 0 Å². The Morgan fingerprint density at radius 2 is 1.90 bits per heavy atom. The van der Waals surface area contributed by atoms with Crippen LogP contribution >= 0.6 is 11.3 Å². The molecule has 0 bridgehead atoms. The van der Waals surface area contributed by atoms with E-state index in [-0.39, 0.29) is 12.4 Å². The molecule has 0 fully saturated rings. The Morgan fingerprint density at radius 3 is 2.66 bits per heavy atom. The van der Waals surface area contributed by atoms with Crippen molar-refractivity contribution < 1.29 is 14.3 Å². The van der Waals surface area contributed by atoms with E-state index in [1.54, 1.807) is 18.3 Å². The van der Waals surface area contributed by atoms with Crippen LogP contribution in [0.4, 0.5) is 0 Å². The first kappa shape index (κ1) is 19.0. The Morgan fingerprint density at radius 1 is 1.10 bits per heavy atom. The van der Waals surface area contributed by atoms with Gasteiger partial charge in [-0.3, -0.25) is 14.3 Å². The highest BCUT2D eigenvalue weighted by molar-refractivity contribution is 7.12. The highest BCUT2D eigenvalue weighted by Crippen LogP contribution is 2.23. The van der Waals surface area contributed by atoms with Crippen LogP contribution < -0.4 is 0 Å². The van der Waals surface area contributed by atoms with Gasteiger partial charge in [0.05, 0.1) is 11.1 Å². The van der Waals surface area contributed by atoms with E-state index in [0.29, 0.717) is 22.2 Å². The summed E-state index contributed by atoms with van der Waals surface area (Å²) in [7, 11) is 0. The number of ketones is 1. The van der Waals surface area contributed by atoms with E-state index in [1.165, 1.54) is 11.3 Å². The lowest BCUT2D eigenvalue weighted by atomic mass is 10.1. The molecule has 1 aromatic carbocycles. The normalized spacial score (nSPS) is 11.0. The van der Waals surface area contributed by atoms with Gasteiger partial charge >= 0.3 is 5.97 Å². The van der Waals surface area contributed by atoms with Crippen LogP contribution in [0.15, 0.2) is 48.0 Å². The third-order valence-corrected chi connectivity index (χ3v) is 5.50. The highest BCUT2D eigenvalue weighted by atomic mass is 32.1. The van der Waals surface area contributed by atoms with Gasteiger partial charge in [-0.25, -0.2) is 9.78 Å². The van der Waals surface area contributed by atoms with Crippen LogP contribution in [0.2, 0.25) is 0 Å². The van der Waals surface area contributed by atoms with Gasteiger partial charge in [0, 0.05) is 39.6 Å². The number of para-hydroxylation sites is 1. The number of rotatable bonds is 5. The summed E-state index contributed by atoms with van der Waals surface area (Å²) in [6.07, 6.45) is 1.73. The number of thiazole rings is 1. The minimum Gasteiger partial charge on any atom is -0.454 e. The average Bonchev–Trinajstić information content (AvgIpc) is 3.32. The molecule has 0 unspecified atom stereocenters. The molecule has 0 radical (unpaired) electrons. The predicted molar refractivity (Wildman–Crippen MR) is 112 cm³/mol. The minimum absolute atomic E-state index is 0.246. The summed E-state index contributed by atoms with van der Waals surface area (Å²) in [5, 5.41) is 3.39. The molecule has 0 aliphatic carbocycles. The zero-order valence-electron chi connectivity index (χ0n) is 16.3. The molecule has 0 saturated carbocycles. The summed E-state index contributed by atoms with van der Waals surface area (Å²) in [6.45, 7) is 5.28. The van der Waals surface area contributed by atoms with E-state index in [9.17, 15) is 9.59 Å².